The monoisotopic (exact) mass is 354 g/mol. The zero-order chi connectivity index (χ0) is 17.7. The van der Waals surface area contributed by atoms with Gasteiger partial charge in [0.25, 0.3) is 0 Å². The lowest BCUT2D eigenvalue weighted by atomic mass is 10.2. The van der Waals surface area contributed by atoms with Gasteiger partial charge in [-0.1, -0.05) is 0 Å². The zero-order valence-electron chi connectivity index (χ0n) is 14.5. The van der Waals surface area contributed by atoms with Crippen molar-refractivity contribution in [1.82, 2.24) is 9.62 Å². The second kappa shape index (κ2) is 7.96. The van der Waals surface area contributed by atoms with E-state index in [1.54, 1.807) is 4.90 Å². The van der Waals surface area contributed by atoms with E-state index in [2.05, 4.69) is 21.6 Å². The third-order valence-corrected chi connectivity index (χ3v) is 4.84. The minimum atomic E-state index is -3.25. The molecule has 1 fully saturated rings. The van der Waals surface area contributed by atoms with Crippen LogP contribution in [0.4, 0.5) is 11.4 Å². The van der Waals surface area contributed by atoms with Gasteiger partial charge in [0.1, 0.15) is 0 Å². The Morgan fingerprint density at radius 1 is 1.17 bits per heavy atom. The highest BCUT2D eigenvalue weighted by Gasteiger charge is 2.16. The molecule has 0 bridgehead atoms. The molecular formula is C16H26N4O3S. The lowest BCUT2D eigenvalue weighted by Gasteiger charge is -2.34. The predicted octanol–water partition coefficient (Wildman–Crippen LogP) is 0.341. The number of likely N-dealkylation sites (N-methyl/N-ethyl adjacent to an activating group) is 1. The first kappa shape index (κ1) is 18.7. The van der Waals surface area contributed by atoms with Crippen LogP contribution in [0.25, 0.3) is 0 Å². The number of carbonyl (C=O) groups excluding carboxylic acids is 1. The highest BCUT2D eigenvalue weighted by Crippen LogP contribution is 2.22. The van der Waals surface area contributed by atoms with Crippen LogP contribution in [0.1, 0.15) is 6.92 Å². The van der Waals surface area contributed by atoms with E-state index in [1.807, 2.05) is 24.3 Å². The zero-order valence-corrected chi connectivity index (χ0v) is 15.3. The third kappa shape index (κ3) is 5.47. The Labute approximate surface area is 144 Å². The molecule has 7 nitrogen and oxygen atoms in total. The summed E-state index contributed by atoms with van der Waals surface area (Å²) in [5, 5.41) is 0. The van der Waals surface area contributed by atoms with Crippen molar-refractivity contribution in [3.63, 3.8) is 0 Å². The van der Waals surface area contributed by atoms with Crippen LogP contribution in [0, 0.1) is 0 Å². The molecule has 24 heavy (non-hydrogen) atoms. The number of hydrogen-bond acceptors (Lipinski definition) is 5. The van der Waals surface area contributed by atoms with Crippen LogP contribution in [0.15, 0.2) is 24.3 Å². The van der Waals surface area contributed by atoms with Crippen molar-refractivity contribution in [1.29, 1.82) is 0 Å². The molecule has 0 saturated carbocycles. The quantitative estimate of drug-likeness (QED) is 0.798. The molecule has 1 aliphatic heterocycles. The van der Waals surface area contributed by atoms with Gasteiger partial charge in [-0.15, -0.1) is 0 Å². The fraction of sp³-hybridized carbons (Fsp3) is 0.562. The van der Waals surface area contributed by atoms with E-state index in [0.717, 1.165) is 43.8 Å². The average molecular weight is 354 g/mol. The maximum Gasteiger partial charge on any atom is 0.223 e. The maximum atomic E-state index is 11.9. The standard InChI is InChI=1S/C16H26N4O3S/c1-14(21)20(9-8-17-24(3,22)23)16-6-4-15(5-7-16)19-12-10-18(2)11-13-19/h4-7,17H,8-13H2,1-3H3. The van der Waals surface area contributed by atoms with Crippen LogP contribution in [0.3, 0.4) is 0 Å². The van der Waals surface area contributed by atoms with Crippen molar-refractivity contribution in [2.75, 3.05) is 62.4 Å². The normalized spacial score (nSPS) is 16.2. The van der Waals surface area contributed by atoms with Crippen LogP contribution >= 0.6 is 0 Å². The van der Waals surface area contributed by atoms with Gasteiger partial charge >= 0.3 is 0 Å². The van der Waals surface area contributed by atoms with Gasteiger partial charge < -0.3 is 14.7 Å². The first-order valence-corrected chi connectivity index (χ1v) is 9.92. The lowest BCUT2D eigenvalue weighted by Crippen LogP contribution is -2.44. The number of sulfonamides is 1. The molecule has 0 radical (unpaired) electrons. The van der Waals surface area contributed by atoms with Crippen molar-refractivity contribution in [2.45, 2.75) is 6.92 Å². The Morgan fingerprint density at radius 3 is 2.25 bits per heavy atom. The van der Waals surface area contributed by atoms with E-state index >= 15 is 0 Å². The molecule has 0 unspecified atom stereocenters. The summed E-state index contributed by atoms with van der Waals surface area (Å²) >= 11 is 0. The third-order valence-electron chi connectivity index (χ3n) is 4.11. The molecule has 1 saturated heterocycles. The summed E-state index contributed by atoms with van der Waals surface area (Å²) in [5.74, 6) is -0.113. The number of piperazine rings is 1. The molecule has 0 atom stereocenters. The van der Waals surface area contributed by atoms with Gasteiger partial charge in [0, 0.05) is 57.6 Å². The average Bonchev–Trinajstić information content (AvgIpc) is 2.51. The van der Waals surface area contributed by atoms with Gasteiger partial charge in [-0.2, -0.15) is 0 Å². The van der Waals surface area contributed by atoms with E-state index in [9.17, 15) is 13.2 Å². The SMILES string of the molecule is CC(=O)N(CCNS(C)(=O)=O)c1ccc(N2CCN(C)CC2)cc1. The van der Waals surface area contributed by atoms with Crippen LogP contribution < -0.4 is 14.5 Å². The Balaban J connectivity index is 2.01. The summed E-state index contributed by atoms with van der Waals surface area (Å²) in [6.45, 7) is 6.04. The van der Waals surface area contributed by atoms with Gasteiger partial charge in [-0.3, -0.25) is 4.79 Å². The molecule has 0 aromatic heterocycles. The predicted molar refractivity (Wildman–Crippen MR) is 97.0 cm³/mol. The first-order chi connectivity index (χ1) is 11.3. The van der Waals surface area contributed by atoms with Gasteiger partial charge in [0.2, 0.25) is 15.9 Å². The largest absolute Gasteiger partial charge is 0.369 e. The highest BCUT2D eigenvalue weighted by molar-refractivity contribution is 7.88. The lowest BCUT2D eigenvalue weighted by molar-refractivity contribution is -0.116. The Hall–Kier alpha value is -1.64. The number of amides is 1. The summed E-state index contributed by atoms with van der Waals surface area (Å²) in [4.78, 5) is 18.1. The van der Waals surface area contributed by atoms with Gasteiger partial charge in [0.05, 0.1) is 6.26 Å². The van der Waals surface area contributed by atoms with Crippen LogP contribution in [-0.2, 0) is 14.8 Å². The van der Waals surface area contributed by atoms with Crippen molar-refractivity contribution in [2.24, 2.45) is 0 Å². The molecule has 134 valence electrons. The number of nitrogens with zero attached hydrogens (tertiary/aromatic N) is 3. The highest BCUT2D eigenvalue weighted by atomic mass is 32.2. The molecule has 0 aliphatic carbocycles. The molecule has 1 amide bonds. The number of anilines is 2. The molecule has 1 heterocycles. The van der Waals surface area contributed by atoms with E-state index < -0.39 is 10.0 Å². The molecule has 1 aromatic carbocycles. The van der Waals surface area contributed by atoms with Crippen molar-refractivity contribution >= 4 is 27.3 Å². The summed E-state index contributed by atoms with van der Waals surface area (Å²) in [6, 6.07) is 7.85. The molecule has 1 aliphatic rings. The van der Waals surface area contributed by atoms with Crippen LogP contribution in [0.2, 0.25) is 0 Å². The fourth-order valence-corrected chi connectivity index (χ4v) is 3.18. The molecule has 0 spiro atoms. The molecule has 1 aromatic rings. The molecule has 1 N–H and O–H groups in total. The minimum Gasteiger partial charge on any atom is -0.369 e. The van der Waals surface area contributed by atoms with Crippen molar-refractivity contribution in [3.05, 3.63) is 24.3 Å². The Kier molecular flexibility index (Phi) is 6.20. The molecule has 2 rings (SSSR count). The number of rotatable bonds is 6. The summed E-state index contributed by atoms with van der Waals surface area (Å²) in [7, 11) is -1.13. The van der Waals surface area contributed by atoms with Crippen molar-refractivity contribution in [3.8, 4) is 0 Å². The second-order valence-corrected chi connectivity index (χ2v) is 7.98. The smallest absolute Gasteiger partial charge is 0.223 e. The van der Waals surface area contributed by atoms with E-state index in [4.69, 9.17) is 0 Å². The Bertz CT molecular complexity index is 652. The number of benzene rings is 1. The van der Waals surface area contributed by atoms with Crippen LogP contribution in [-0.4, -0.2) is 71.8 Å². The molecule has 8 heteroatoms. The van der Waals surface area contributed by atoms with Crippen LogP contribution in [0.5, 0.6) is 0 Å². The Morgan fingerprint density at radius 2 is 1.75 bits per heavy atom. The summed E-state index contributed by atoms with van der Waals surface area (Å²) in [5.41, 5.74) is 1.92. The van der Waals surface area contributed by atoms with E-state index in [-0.39, 0.29) is 12.5 Å². The summed E-state index contributed by atoms with van der Waals surface area (Å²) in [6.07, 6.45) is 1.11. The molecular weight excluding hydrogens is 328 g/mol. The van der Waals surface area contributed by atoms with E-state index in [1.165, 1.54) is 6.92 Å². The number of nitrogens with one attached hydrogen (secondary N) is 1. The number of carbonyl (C=O) groups is 1. The fourth-order valence-electron chi connectivity index (χ4n) is 2.72. The van der Waals surface area contributed by atoms with Gasteiger partial charge in [-0.05, 0) is 31.3 Å². The van der Waals surface area contributed by atoms with Gasteiger partial charge in [-0.25, -0.2) is 13.1 Å². The maximum absolute atomic E-state index is 11.9. The topological polar surface area (TPSA) is 73.0 Å². The second-order valence-electron chi connectivity index (χ2n) is 6.14. The first-order valence-electron chi connectivity index (χ1n) is 8.02. The van der Waals surface area contributed by atoms with E-state index in [0.29, 0.717) is 6.54 Å². The van der Waals surface area contributed by atoms with Gasteiger partial charge in [0.15, 0.2) is 0 Å². The minimum absolute atomic E-state index is 0.113. The summed E-state index contributed by atoms with van der Waals surface area (Å²) < 4.78 is 24.7. The number of hydrogen-bond donors (Lipinski definition) is 1. The van der Waals surface area contributed by atoms with Crippen molar-refractivity contribution < 1.29 is 13.2 Å².